The number of hydrogen-bond acceptors (Lipinski definition) is 0. The molecule has 0 N–H and O–H groups in total. The minimum absolute atomic E-state index is 0.242. The Hall–Kier alpha value is -4.10. The molecule has 1 unspecified atom stereocenters. The molecule has 0 spiro atoms. The molecule has 1 aliphatic rings. The molecule has 0 aliphatic heterocycles. The largest absolute Gasteiger partial charge is 0.309 e. The number of para-hydroxylation sites is 2. The maximum absolute atomic E-state index is 2.47. The maximum Gasteiger partial charge on any atom is 0.0591 e. The topological polar surface area (TPSA) is 4.93 Å². The highest BCUT2D eigenvalue weighted by molar-refractivity contribution is 6.13. The highest BCUT2D eigenvalue weighted by Crippen LogP contribution is 2.55. The van der Waals surface area contributed by atoms with E-state index in [2.05, 4.69) is 133 Å². The Kier molecular flexibility index (Phi) is 3.75. The van der Waals surface area contributed by atoms with Crippen LogP contribution in [0, 0.1) is 0 Å². The summed E-state index contributed by atoms with van der Waals surface area (Å²) in [5, 5.41) is 2.61. The molecule has 5 aromatic carbocycles. The predicted molar refractivity (Wildman–Crippen MR) is 138 cm³/mol. The van der Waals surface area contributed by atoms with Crippen molar-refractivity contribution in [3.05, 3.63) is 138 Å². The molecule has 0 bridgehead atoms. The molecule has 6 aromatic rings. The molecule has 1 aliphatic carbocycles. The van der Waals surface area contributed by atoms with Gasteiger partial charge in [-0.2, -0.15) is 0 Å². The first-order valence-corrected chi connectivity index (χ1v) is 11.6. The lowest BCUT2D eigenvalue weighted by atomic mass is 9.73. The van der Waals surface area contributed by atoms with E-state index in [4.69, 9.17) is 0 Å². The van der Waals surface area contributed by atoms with Gasteiger partial charge in [0.25, 0.3) is 0 Å². The molecule has 1 aromatic heterocycles. The SMILES string of the molecule is CC1(c2ccccc2)c2ccccc2-c2ccc3c4ccccc4n(-c4ccccc4)c3c21. The van der Waals surface area contributed by atoms with E-state index < -0.39 is 0 Å². The van der Waals surface area contributed by atoms with E-state index in [9.17, 15) is 0 Å². The molecule has 1 nitrogen and oxygen atoms in total. The minimum atomic E-state index is -0.242. The third-order valence-electron chi connectivity index (χ3n) is 7.46. The van der Waals surface area contributed by atoms with Crippen LogP contribution in [0.4, 0.5) is 0 Å². The van der Waals surface area contributed by atoms with Gasteiger partial charge in [0, 0.05) is 21.9 Å². The van der Waals surface area contributed by atoms with E-state index in [0.717, 1.165) is 0 Å². The Morgan fingerprint density at radius 2 is 1.21 bits per heavy atom. The van der Waals surface area contributed by atoms with Crippen molar-refractivity contribution in [3.63, 3.8) is 0 Å². The third kappa shape index (κ3) is 2.37. The van der Waals surface area contributed by atoms with Crippen molar-refractivity contribution in [2.75, 3.05) is 0 Å². The summed E-state index contributed by atoms with van der Waals surface area (Å²) in [4.78, 5) is 0. The highest BCUT2D eigenvalue weighted by atomic mass is 15.0. The van der Waals surface area contributed by atoms with Crippen LogP contribution in [-0.4, -0.2) is 4.57 Å². The van der Waals surface area contributed by atoms with Crippen molar-refractivity contribution in [2.24, 2.45) is 0 Å². The van der Waals surface area contributed by atoms with E-state index in [-0.39, 0.29) is 5.41 Å². The van der Waals surface area contributed by atoms with Crippen LogP contribution in [0.15, 0.2) is 121 Å². The first-order chi connectivity index (χ1) is 16.3. The Balaban J connectivity index is 1.73. The molecular weight excluding hydrogens is 398 g/mol. The Morgan fingerprint density at radius 3 is 2.03 bits per heavy atom. The number of hydrogen-bond donors (Lipinski definition) is 0. The van der Waals surface area contributed by atoms with Gasteiger partial charge >= 0.3 is 0 Å². The average molecular weight is 422 g/mol. The number of fused-ring (bicyclic) bond motifs is 7. The summed E-state index contributed by atoms with van der Waals surface area (Å²) in [6.45, 7) is 2.40. The number of aromatic nitrogens is 1. The molecule has 7 rings (SSSR count). The fraction of sp³-hybridized carbons (Fsp3) is 0.0625. The summed E-state index contributed by atoms with van der Waals surface area (Å²) >= 11 is 0. The summed E-state index contributed by atoms with van der Waals surface area (Å²) in [6, 6.07) is 44.2. The van der Waals surface area contributed by atoms with Crippen LogP contribution in [0.25, 0.3) is 38.6 Å². The molecule has 0 fully saturated rings. The molecule has 0 saturated carbocycles. The van der Waals surface area contributed by atoms with Gasteiger partial charge in [0.2, 0.25) is 0 Å². The second-order valence-electron chi connectivity index (χ2n) is 9.11. The van der Waals surface area contributed by atoms with Crippen molar-refractivity contribution < 1.29 is 0 Å². The first-order valence-electron chi connectivity index (χ1n) is 11.6. The zero-order chi connectivity index (χ0) is 22.0. The van der Waals surface area contributed by atoms with Crippen molar-refractivity contribution in [1.82, 2.24) is 4.57 Å². The summed E-state index contributed by atoms with van der Waals surface area (Å²) in [7, 11) is 0. The average Bonchev–Trinajstić information content (AvgIpc) is 3.36. The highest BCUT2D eigenvalue weighted by Gasteiger charge is 2.43. The number of benzene rings is 5. The van der Waals surface area contributed by atoms with Crippen molar-refractivity contribution in [3.8, 4) is 16.8 Å². The monoisotopic (exact) mass is 421 g/mol. The van der Waals surface area contributed by atoms with Crippen molar-refractivity contribution in [2.45, 2.75) is 12.3 Å². The molecule has 0 amide bonds. The van der Waals surface area contributed by atoms with Crippen molar-refractivity contribution >= 4 is 21.8 Å². The first kappa shape index (κ1) is 18.5. The number of rotatable bonds is 2. The lowest BCUT2D eigenvalue weighted by Gasteiger charge is -2.29. The molecule has 1 heteroatoms. The Morgan fingerprint density at radius 1 is 0.545 bits per heavy atom. The van der Waals surface area contributed by atoms with E-state index in [0.29, 0.717) is 0 Å². The second kappa shape index (κ2) is 6.70. The molecule has 156 valence electrons. The van der Waals surface area contributed by atoms with Gasteiger partial charge < -0.3 is 4.57 Å². The van der Waals surface area contributed by atoms with Crippen LogP contribution in [0.3, 0.4) is 0 Å². The fourth-order valence-corrected chi connectivity index (χ4v) is 5.99. The van der Waals surface area contributed by atoms with Crippen LogP contribution in [0.1, 0.15) is 23.6 Å². The standard InChI is InChI=1S/C32H23N/c1-32(22-12-4-2-5-13-22)28-18-10-8-16-24(28)26-20-21-27-25-17-9-11-19-29(25)33(31(27)30(26)32)23-14-6-3-7-15-23/h2-21H,1H3. The van der Waals surface area contributed by atoms with Crippen LogP contribution in [0.5, 0.6) is 0 Å². The number of nitrogens with zero attached hydrogens (tertiary/aromatic N) is 1. The van der Waals surface area contributed by atoms with Gasteiger partial charge in [-0.25, -0.2) is 0 Å². The zero-order valence-corrected chi connectivity index (χ0v) is 18.5. The summed E-state index contributed by atoms with van der Waals surface area (Å²) < 4.78 is 2.47. The van der Waals surface area contributed by atoms with E-state index >= 15 is 0 Å². The van der Waals surface area contributed by atoms with Crippen molar-refractivity contribution in [1.29, 1.82) is 0 Å². The van der Waals surface area contributed by atoms with Gasteiger partial charge in [0.05, 0.1) is 11.0 Å². The van der Waals surface area contributed by atoms with Gasteiger partial charge in [-0.1, -0.05) is 103 Å². The normalized spacial score (nSPS) is 16.8. The lowest BCUT2D eigenvalue weighted by molar-refractivity contribution is 0.717. The predicted octanol–water partition coefficient (Wildman–Crippen LogP) is 8.12. The second-order valence-corrected chi connectivity index (χ2v) is 9.11. The molecule has 0 saturated heterocycles. The van der Waals surface area contributed by atoms with Gasteiger partial charge in [-0.3, -0.25) is 0 Å². The van der Waals surface area contributed by atoms with Crippen LogP contribution in [0.2, 0.25) is 0 Å². The summed E-state index contributed by atoms with van der Waals surface area (Å²) in [5.41, 5.74) is 10.3. The smallest absolute Gasteiger partial charge is 0.0591 e. The molecular formula is C32H23N. The van der Waals surface area contributed by atoms with Gasteiger partial charge in [-0.15, -0.1) is 0 Å². The summed E-state index contributed by atoms with van der Waals surface area (Å²) in [5.74, 6) is 0. The minimum Gasteiger partial charge on any atom is -0.309 e. The summed E-state index contributed by atoms with van der Waals surface area (Å²) in [6.07, 6.45) is 0. The van der Waals surface area contributed by atoms with E-state index in [1.54, 1.807) is 0 Å². The van der Waals surface area contributed by atoms with E-state index in [1.165, 1.54) is 55.3 Å². The van der Waals surface area contributed by atoms with Crippen LogP contribution < -0.4 is 0 Å². The van der Waals surface area contributed by atoms with Crippen LogP contribution >= 0.6 is 0 Å². The fourth-order valence-electron chi connectivity index (χ4n) is 5.99. The molecule has 33 heavy (non-hydrogen) atoms. The quantitative estimate of drug-likeness (QED) is 0.266. The molecule has 1 atom stereocenters. The van der Waals surface area contributed by atoms with Gasteiger partial charge in [-0.05, 0) is 52.9 Å². The Bertz CT molecular complexity index is 1660. The third-order valence-corrected chi connectivity index (χ3v) is 7.46. The molecule has 0 radical (unpaired) electrons. The lowest BCUT2D eigenvalue weighted by Crippen LogP contribution is -2.23. The van der Waals surface area contributed by atoms with Crippen LogP contribution in [-0.2, 0) is 5.41 Å². The van der Waals surface area contributed by atoms with Gasteiger partial charge in [0.15, 0.2) is 0 Å². The maximum atomic E-state index is 2.47. The Labute approximate surface area is 193 Å². The van der Waals surface area contributed by atoms with Gasteiger partial charge in [0.1, 0.15) is 0 Å². The van der Waals surface area contributed by atoms with E-state index in [1.807, 2.05) is 0 Å². The zero-order valence-electron chi connectivity index (χ0n) is 18.5. The molecule has 1 heterocycles.